The predicted octanol–water partition coefficient (Wildman–Crippen LogP) is 2.97. The third kappa shape index (κ3) is 4.28. The summed E-state index contributed by atoms with van der Waals surface area (Å²) >= 11 is 0. The monoisotopic (exact) mass is 332 g/mol. The van der Waals surface area contributed by atoms with Crippen molar-refractivity contribution in [3.05, 3.63) is 35.9 Å². The van der Waals surface area contributed by atoms with Crippen molar-refractivity contribution in [2.45, 2.75) is 37.8 Å². The van der Waals surface area contributed by atoms with Crippen LogP contribution in [-0.2, 0) is 9.47 Å². The molecule has 2 saturated heterocycles. The maximum atomic E-state index is 12.6. The van der Waals surface area contributed by atoms with E-state index in [9.17, 15) is 4.79 Å². The standard InChI is InChI=1S/C19H28N2O3/c1-23-14-17(15-6-3-2-4-7-15)20-19(22)21-11-9-16(10-12-21)18-8-5-13-24-18/h2-4,6-7,16-18H,5,8-14H2,1H3,(H,20,22). The zero-order valence-corrected chi connectivity index (χ0v) is 14.4. The Morgan fingerprint density at radius 1 is 1.29 bits per heavy atom. The maximum absolute atomic E-state index is 12.6. The van der Waals surface area contributed by atoms with Gasteiger partial charge in [-0.3, -0.25) is 0 Å². The Hall–Kier alpha value is -1.59. The Bertz CT molecular complexity index is 509. The third-order valence-corrected chi connectivity index (χ3v) is 5.15. The van der Waals surface area contributed by atoms with E-state index in [1.165, 1.54) is 12.8 Å². The molecule has 2 amide bonds. The largest absolute Gasteiger partial charge is 0.382 e. The van der Waals surface area contributed by atoms with Crippen LogP contribution in [0.1, 0.15) is 37.3 Å². The number of piperidine rings is 1. The van der Waals surface area contributed by atoms with Gasteiger partial charge in [-0.15, -0.1) is 0 Å². The molecule has 5 nitrogen and oxygen atoms in total. The Morgan fingerprint density at radius 2 is 2.04 bits per heavy atom. The number of carbonyl (C=O) groups excluding carboxylic acids is 1. The van der Waals surface area contributed by atoms with Crippen molar-refractivity contribution in [2.75, 3.05) is 33.4 Å². The Balaban J connectivity index is 1.52. The summed E-state index contributed by atoms with van der Waals surface area (Å²) in [6.45, 7) is 3.00. The lowest BCUT2D eigenvalue weighted by atomic mass is 9.90. The van der Waals surface area contributed by atoms with Crippen molar-refractivity contribution < 1.29 is 14.3 Å². The molecule has 0 bridgehead atoms. The lowest BCUT2D eigenvalue weighted by Gasteiger charge is -2.35. The first-order valence-corrected chi connectivity index (χ1v) is 8.99. The molecule has 0 spiro atoms. The number of hydrogen-bond acceptors (Lipinski definition) is 3. The van der Waals surface area contributed by atoms with Crippen LogP contribution < -0.4 is 5.32 Å². The smallest absolute Gasteiger partial charge is 0.317 e. The first-order chi connectivity index (χ1) is 11.8. The molecule has 2 aliphatic heterocycles. The first kappa shape index (κ1) is 17.2. The number of amides is 2. The second-order valence-corrected chi connectivity index (χ2v) is 6.74. The molecular formula is C19H28N2O3. The number of urea groups is 1. The molecule has 0 radical (unpaired) electrons. The minimum Gasteiger partial charge on any atom is -0.382 e. The van der Waals surface area contributed by atoms with Gasteiger partial charge in [-0.05, 0) is 37.2 Å². The van der Waals surface area contributed by atoms with Gasteiger partial charge in [-0.25, -0.2) is 4.79 Å². The highest BCUT2D eigenvalue weighted by molar-refractivity contribution is 5.74. The van der Waals surface area contributed by atoms with Gasteiger partial charge in [-0.2, -0.15) is 0 Å². The summed E-state index contributed by atoms with van der Waals surface area (Å²) in [5.74, 6) is 0.612. The number of benzene rings is 1. The highest BCUT2D eigenvalue weighted by atomic mass is 16.5. The molecule has 5 heteroatoms. The van der Waals surface area contributed by atoms with Gasteiger partial charge in [-0.1, -0.05) is 30.3 Å². The average Bonchev–Trinajstić information content (AvgIpc) is 3.17. The molecule has 2 heterocycles. The van der Waals surface area contributed by atoms with Gasteiger partial charge in [0.25, 0.3) is 0 Å². The van der Waals surface area contributed by atoms with Crippen LogP contribution in [0.4, 0.5) is 4.79 Å². The van der Waals surface area contributed by atoms with Gasteiger partial charge in [0.15, 0.2) is 0 Å². The molecule has 2 aliphatic rings. The fraction of sp³-hybridized carbons (Fsp3) is 0.632. The van der Waals surface area contributed by atoms with Crippen LogP contribution in [0.5, 0.6) is 0 Å². The van der Waals surface area contributed by atoms with Crippen LogP contribution in [0, 0.1) is 5.92 Å². The number of carbonyl (C=O) groups is 1. The minimum absolute atomic E-state index is 0.00620. The highest BCUT2D eigenvalue weighted by Gasteiger charge is 2.31. The van der Waals surface area contributed by atoms with Crippen molar-refractivity contribution in [1.29, 1.82) is 0 Å². The summed E-state index contributed by atoms with van der Waals surface area (Å²) < 4.78 is 11.1. The van der Waals surface area contributed by atoms with Gasteiger partial charge in [0.2, 0.25) is 0 Å². The molecule has 24 heavy (non-hydrogen) atoms. The Kier molecular flexibility index (Phi) is 6.10. The lowest BCUT2D eigenvalue weighted by molar-refractivity contribution is 0.0367. The molecule has 0 aliphatic carbocycles. The quantitative estimate of drug-likeness (QED) is 0.902. The van der Waals surface area contributed by atoms with E-state index in [4.69, 9.17) is 9.47 Å². The van der Waals surface area contributed by atoms with Crippen molar-refractivity contribution in [3.8, 4) is 0 Å². The number of nitrogens with zero attached hydrogens (tertiary/aromatic N) is 1. The second kappa shape index (κ2) is 8.49. The third-order valence-electron chi connectivity index (χ3n) is 5.15. The van der Waals surface area contributed by atoms with Gasteiger partial charge >= 0.3 is 6.03 Å². The molecule has 1 aromatic rings. The van der Waals surface area contributed by atoms with Crippen LogP contribution in [0.15, 0.2) is 30.3 Å². The number of likely N-dealkylation sites (tertiary alicyclic amines) is 1. The summed E-state index contributed by atoms with van der Waals surface area (Å²) in [5.41, 5.74) is 1.07. The van der Waals surface area contributed by atoms with Crippen molar-refractivity contribution in [2.24, 2.45) is 5.92 Å². The molecule has 3 rings (SSSR count). The van der Waals surface area contributed by atoms with Crippen molar-refractivity contribution in [3.63, 3.8) is 0 Å². The van der Waals surface area contributed by atoms with Crippen LogP contribution in [-0.4, -0.2) is 50.4 Å². The minimum atomic E-state index is -0.111. The van der Waals surface area contributed by atoms with E-state index in [0.717, 1.165) is 38.1 Å². The van der Waals surface area contributed by atoms with Crippen molar-refractivity contribution in [1.82, 2.24) is 10.2 Å². The van der Waals surface area contributed by atoms with Crippen LogP contribution >= 0.6 is 0 Å². The van der Waals surface area contributed by atoms with Crippen LogP contribution in [0.25, 0.3) is 0 Å². The number of ether oxygens (including phenoxy) is 2. The molecule has 132 valence electrons. The van der Waals surface area contributed by atoms with Crippen LogP contribution in [0.2, 0.25) is 0 Å². The SMILES string of the molecule is COCC(NC(=O)N1CCC(C2CCCO2)CC1)c1ccccc1. The summed E-state index contributed by atoms with van der Waals surface area (Å²) in [6.07, 6.45) is 4.86. The van der Waals surface area contributed by atoms with Crippen LogP contribution in [0.3, 0.4) is 0 Å². The number of rotatable bonds is 5. The number of nitrogens with one attached hydrogen (secondary N) is 1. The summed E-state index contributed by atoms with van der Waals surface area (Å²) in [4.78, 5) is 14.5. The van der Waals surface area contributed by atoms with E-state index in [2.05, 4.69) is 5.32 Å². The maximum Gasteiger partial charge on any atom is 0.317 e. The first-order valence-electron chi connectivity index (χ1n) is 8.99. The summed E-state index contributed by atoms with van der Waals surface area (Å²) in [7, 11) is 1.66. The summed E-state index contributed by atoms with van der Waals surface area (Å²) in [5, 5.41) is 3.12. The zero-order chi connectivity index (χ0) is 16.8. The van der Waals surface area contributed by atoms with E-state index >= 15 is 0 Å². The second-order valence-electron chi connectivity index (χ2n) is 6.74. The Labute approximate surface area is 144 Å². The fourth-order valence-corrected chi connectivity index (χ4v) is 3.76. The zero-order valence-electron chi connectivity index (χ0n) is 14.4. The van der Waals surface area contributed by atoms with Gasteiger partial charge in [0, 0.05) is 26.8 Å². The van der Waals surface area contributed by atoms with Gasteiger partial charge < -0.3 is 19.7 Å². The molecule has 2 unspecified atom stereocenters. The molecule has 1 aromatic carbocycles. The molecule has 0 saturated carbocycles. The van der Waals surface area contributed by atoms with E-state index < -0.39 is 0 Å². The Morgan fingerprint density at radius 3 is 2.67 bits per heavy atom. The van der Waals surface area contributed by atoms with Crippen molar-refractivity contribution >= 4 is 6.03 Å². The van der Waals surface area contributed by atoms with E-state index in [0.29, 0.717) is 18.6 Å². The molecule has 2 fully saturated rings. The molecule has 1 N–H and O–H groups in total. The topological polar surface area (TPSA) is 50.8 Å². The average molecular weight is 332 g/mol. The number of methoxy groups -OCH3 is 1. The van der Waals surface area contributed by atoms with Gasteiger partial charge in [0.1, 0.15) is 0 Å². The number of hydrogen-bond donors (Lipinski definition) is 1. The predicted molar refractivity (Wildman–Crippen MR) is 92.9 cm³/mol. The molecule has 0 aromatic heterocycles. The van der Waals surface area contributed by atoms with E-state index in [1.54, 1.807) is 7.11 Å². The van der Waals surface area contributed by atoms with Gasteiger partial charge in [0.05, 0.1) is 18.8 Å². The van der Waals surface area contributed by atoms with E-state index in [-0.39, 0.29) is 12.1 Å². The normalized spacial score (nSPS) is 23.2. The van der Waals surface area contributed by atoms with E-state index in [1.807, 2.05) is 35.2 Å². The fourth-order valence-electron chi connectivity index (χ4n) is 3.76. The summed E-state index contributed by atoms with van der Waals surface area (Å²) in [6, 6.07) is 9.88. The highest BCUT2D eigenvalue weighted by Crippen LogP contribution is 2.29. The molecule has 2 atom stereocenters. The molecular weight excluding hydrogens is 304 g/mol. The lowest BCUT2D eigenvalue weighted by Crippen LogP contribution is -2.47.